The monoisotopic (exact) mass is 389 g/mol. The predicted molar refractivity (Wildman–Crippen MR) is 82.7 cm³/mol. The maximum Gasteiger partial charge on any atom is 0.311 e. The fourth-order valence-electron chi connectivity index (χ4n) is 2.28. The number of amides is 1. The van der Waals surface area contributed by atoms with E-state index in [1.807, 2.05) is 0 Å². The molecule has 0 spiro atoms. The summed E-state index contributed by atoms with van der Waals surface area (Å²) in [7, 11) is 0. The molecule has 0 bridgehead atoms. The molecule has 0 aromatic heterocycles. The number of aliphatic carboxylic acids is 1. The van der Waals surface area contributed by atoms with Gasteiger partial charge in [-0.1, -0.05) is 15.9 Å². The Morgan fingerprint density at radius 1 is 1.39 bits per heavy atom. The lowest BCUT2D eigenvalue weighted by molar-refractivity contribution is -0.154. The van der Waals surface area contributed by atoms with Crippen LogP contribution >= 0.6 is 15.9 Å². The number of carbonyl (C=O) groups is 2. The maximum atomic E-state index is 13.6. The second-order valence-electron chi connectivity index (χ2n) is 5.34. The zero-order valence-electron chi connectivity index (χ0n) is 12.3. The van der Waals surface area contributed by atoms with Gasteiger partial charge in [-0.05, 0) is 31.0 Å². The summed E-state index contributed by atoms with van der Waals surface area (Å²) in [4.78, 5) is 23.3. The van der Waals surface area contributed by atoms with Crippen LogP contribution in [0.4, 0.5) is 4.39 Å². The fourth-order valence-corrected chi connectivity index (χ4v) is 2.62. The van der Waals surface area contributed by atoms with E-state index in [1.54, 1.807) is 6.07 Å². The Hall–Kier alpha value is -1.67. The largest absolute Gasteiger partial charge is 0.481 e. The van der Waals surface area contributed by atoms with Crippen molar-refractivity contribution in [3.63, 3.8) is 0 Å². The van der Waals surface area contributed by atoms with Gasteiger partial charge in [-0.25, -0.2) is 4.39 Å². The number of carbonyl (C=O) groups excluding carboxylic acids is 1. The molecule has 1 heterocycles. The van der Waals surface area contributed by atoms with Gasteiger partial charge < -0.3 is 19.9 Å². The van der Waals surface area contributed by atoms with E-state index >= 15 is 0 Å². The van der Waals surface area contributed by atoms with Crippen molar-refractivity contribution in [2.45, 2.75) is 12.8 Å². The molecule has 0 atom stereocenters. The van der Waals surface area contributed by atoms with Crippen molar-refractivity contribution < 1.29 is 28.6 Å². The summed E-state index contributed by atoms with van der Waals surface area (Å²) in [6.45, 7) is 0.313. The highest BCUT2D eigenvalue weighted by molar-refractivity contribution is 9.10. The van der Waals surface area contributed by atoms with Crippen molar-refractivity contribution in [3.05, 3.63) is 28.5 Å². The summed E-state index contributed by atoms with van der Waals surface area (Å²) in [6.07, 6.45) is 0.676. The van der Waals surface area contributed by atoms with Gasteiger partial charge in [0.25, 0.3) is 5.91 Å². The van der Waals surface area contributed by atoms with Crippen LogP contribution < -0.4 is 10.1 Å². The van der Waals surface area contributed by atoms with E-state index in [2.05, 4.69) is 21.2 Å². The Labute approximate surface area is 141 Å². The summed E-state index contributed by atoms with van der Waals surface area (Å²) in [5.41, 5.74) is -1.02. The first-order chi connectivity index (χ1) is 10.9. The number of benzene rings is 1. The van der Waals surface area contributed by atoms with Gasteiger partial charge in [-0.15, -0.1) is 0 Å². The van der Waals surface area contributed by atoms with Crippen LogP contribution in [0, 0.1) is 11.2 Å². The van der Waals surface area contributed by atoms with Crippen molar-refractivity contribution in [1.29, 1.82) is 0 Å². The molecule has 1 aliphatic rings. The van der Waals surface area contributed by atoms with Crippen LogP contribution in [0.15, 0.2) is 22.7 Å². The molecule has 1 fully saturated rings. The predicted octanol–water partition coefficient (Wildman–Crippen LogP) is 1.96. The molecule has 2 N–H and O–H groups in total. The van der Waals surface area contributed by atoms with Gasteiger partial charge in [0.15, 0.2) is 18.2 Å². The minimum Gasteiger partial charge on any atom is -0.481 e. The minimum absolute atomic E-state index is 0.00327. The number of ether oxygens (including phenoxy) is 2. The van der Waals surface area contributed by atoms with Crippen LogP contribution in [-0.4, -0.2) is 43.3 Å². The molecule has 0 unspecified atom stereocenters. The highest BCUT2D eigenvalue weighted by Gasteiger charge is 2.40. The highest BCUT2D eigenvalue weighted by atomic mass is 79.9. The van der Waals surface area contributed by atoms with E-state index in [4.69, 9.17) is 9.47 Å². The molecule has 8 heteroatoms. The Morgan fingerprint density at radius 2 is 2.09 bits per heavy atom. The fraction of sp³-hybridized carbons (Fsp3) is 0.467. The lowest BCUT2D eigenvalue weighted by Gasteiger charge is -2.33. The average molecular weight is 390 g/mol. The molecule has 1 aliphatic heterocycles. The van der Waals surface area contributed by atoms with Gasteiger partial charge in [0.1, 0.15) is 0 Å². The number of halogens is 2. The Balaban J connectivity index is 1.85. The van der Waals surface area contributed by atoms with Gasteiger partial charge in [0.05, 0.1) is 5.41 Å². The van der Waals surface area contributed by atoms with E-state index in [0.717, 1.165) is 0 Å². The van der Waals surface area contributed by atoms with Crippen molar-refractivity contribution in [2.75, 3.05) is 26.4 Å². The second-order valence-corrected chi connectivity index (χ2v) is 6.25. The first kappa shape index (κ1) is 17.7. The SMILES string of the molecule is O=C(COc1ccc(Br)cc1F)NCC1(C(=O)O)CCOCC1. The Morgan fingerprint density at radius 3 is 2.70 bits per heavy atom. The Kier molecular flexibility index (Phi) is 5.95. The first-order valence-electron chi connectivity index (χ1n) is 7.09. The highest BCUT2D eigenvalue weighted by Crippen LogP contribution is 2.30. The van der Waals surface area contributed by atoms with Crippen molar-refractivity contribution >= 4 is 27.8 Å². The maximum absolute atomic E-state index is 13.6. The van der Waals surface area contributed by atoms with Crippen LogP contribution in [0.25, 0.3) is 0 Å². The second kappa shape index (κ2) is 7.74. The Bertz CT molecular complexity index is 589. The lowest BCUT2D eigenvalue weighted by Crippen LogP contribution is -2.47. The van der Waals surface area contributed by atoms with Gasteiger partial charge in [-0.2, -0.15) is 0 Å². The molecular weight excluding hydrogens is 373 g/mol. The van der Waals surface area contributed by atoms with E-state index in [1.165, 1.54) is 12.1 Å². The van der Waals surface area contributed by atoms with Crippen LogP contribution in [0.3, 0.4) is 0 Å². The summed E-state index contributed by atoms with van der Waals surface area (Å²) in [5, 5.41) is 11.9. The molecule has 0 saturated carbocycles. The van der Waals surface area contributed by atoms with Crippen LogP contribution in [0.1, 0.15) is 12.8 Å². The first-order valence-corrected chi connectivity index (χ1v) is 7.88. The molecule has 0 aliphatic carbocycles. The molecule has 0 radical (unpaired) electrons. The van der Waals surface area contributed by atoms with E-state index in [-0.39, 0.29) is 18.9 Å². The third-order valence-electron chi connectivity index (χ3n) is 3.78. The molecule has 1 aromatic carbocycles. The topological polar surface area (TPSA) is 84.9 Å². The average Bonchev–Trinajstić information content (AvgIpc) is 2.53. The van der Waals surface area contributed by atoms with Crippen LogP contribution in [-0.2, 0) is 14.3 Å². The van der Waals surface area contributed by atoms with Gasteiger partial charge in [0.2, 0.25) is 0 Å². The molecule has 6 nitrogen and oxygen atoms in total. The quantitative estimate of drug-likeness (QED) is 0.776. The molecule has 2 rings (SSSR count). The molecule has 1 amide bonds. The third kappa shape index (κ3) is 4.65. The minimum atomic E-state index is -1.02. The molecule has 23 heavy (non-hydrogen) atoms. The number of nitrogens with one attached hydrogen (secondary N) is 1. The molecule has 1 aromatic rings. The zero-order valence-corrected chi connectivity index (χ0v) is 13.9. The molecule has 126 valence electrons. The van der Waals surface area contributed by atoms with Gasteiger partial charge >= 0.3 is 5.97 Å². The van der Waals surface area contributed by atoms with Crippen LogP contribution in [0.5, 0.6) is 5.75 Å². The van der Waals surface area contributed by atoms with Crippen molar-refractivity contribution in [3.8, 4) is 5.75 Å². The number of hydrogen-bond donors (Lipinski definition) is 2. The van der Waals surface area contributed by atoms with Crippen molar-refractivity contribution in [2.24, 2.45) is 5.41 Å². The number of hydrogen-bond acceptors (Lipinski definition) is 4. The smallest absolute Gasteiger partial charge is 0.311 e. The molecular formula is C15H17BrFNO5. The number of rotatable bonds is 6. The van der Waals surface area contributed by atoms with Gasteiger partial charge in [-0.3, -0.25) is 9.59 Å². The van der Waals surface area contributed by atoms with Gasteiger partial charge in [0, 0.05) is 24.2 Å². The summed E-state index contributed by atoms with van der Waals surface area (Å²) < 4.78 is 24.4. The summed E-state index contributed by atoms with van der Waals surface area (Å²) in [6, 6.07) is 4.23. The van der Waals surface area contributed by atoms with Crippen LogP contribution in [0.2, 0.25) is 0 Å². The lowest BCUT2D eigenvalue weighted by atomic mass is 9.80. The standard InChI is InChI=1S/C15H17BrFNO5/c16-10-1-2-12(11(17)7-10)23-8-13(19)18-9-15(14(20)21)3-5-22-6-4-15/h1-2,7H,3-6,8-9H2,(H,18,19)(H,20,21). The normalized spacial score (nSPS) is 16.6. The van der Waals surface area contributed by atoms with E-state index < -0.39 is 23.1 Å². The summed E-state index contributed by atoms with van der Waals surface area (Å²) >= 11 is 3.12. The van der Waals surface area contributed by atoms with E-state index in [9.17, 15) is 19.1 Å². The number of carboxylic acid groups (broad SMARTS) is 1. The van der Waals surface area contributed by atoms with Crippen molar-refractivity contribution in [1.82, 2.24) is 5.32 Å². The van der Waals surface area contributed by atoms with E-state index in [0.29, 0.717) is 30.5 Å². The zero-order chi connectivity index (χ0) is 16.9. The third-order valence-corrected chi connectivity index (χ3v) is 4.27. The number of carboxylic acids is 1. The molecule has 1 saturated heterocycles. The summed E-state index contributed by atoms with van der Waals surface area (Å²) in [5.74, 6) is -2.08.